The van der Waals surface area contributed by atoms with Crippen LogP contribution in [0.15, 0.2) is 24.3 Å². The molecule has 0 aliphatic heterocycles. The van der Waals surface area contributed by atoms with Crippen molar-refractivity contribution in [3.8, 4) is 0 Å². The molecule has 0 bridgehead atoms. The Balaban J connectivity index is 0.000000441. The van der Waals surface area contributed by atoms with E-state index in [9.17, 15) is 4.79 Å². The van der Waals surface area contributed by atoms with Crippen molar-refractivity contribution >= 4 is 11.7 Å². The molecule has 1 aromatic carbocycles. The summed E-state index contributed by atoms with van der Waals surface area (Å²) in [5.74, 6) is 0. The molecule has 0 heterocycles. The van der Waals surface area contributed by atoms with Crippen LogP contribution in [0.1, 0.15) is 40.2 Å². The molecule has 0 spiro atoms. The number of carbonyl (C=O) groups excluding carboxylic acids is 1. The zero-order valence-corrected chi connectivity index (χ0v) is 13.6. The molecule has 0 aliphatic rings. The van der Waals surface area contributed by atoms with Crippen LogP contribution >= 0.6 is 0 Å². The van der Waals surface area contributed by atoms with Crippen molar-refractivity contribution in [2.45, 2.75) is 53.1 Å². The molecule has 4 heteroatoms. The minimum atomic E-state index is -0.187. The number of benzene rings is 1. The molecular weight excluding hydrogens is 250 g/mol. The summed E-state index contributed by atoms with van der Waals surface area (Å²) < 4.78 is 0. The van der Waals surface area contributed by atoms with Gasteiger partial charge in [0.15, 0.2) is 0 Å². The van der Waals surface area contributed by atoms with Gasteiger partial charge in [-0.2, -0.15) is 0 Å². The number of carbonyl (C=O) groups is 1. The van der Waals surface area contributed by atoms with Crippen molar-refractivity contribution in [1.29, 1.82) is 0 Å². The summed E-state index contributed by atoms with van der Waals surface area (Å²) in [6.45, 7) is 10.7. The van der Waals surface area contributed by atoms with Gasteiger partial charge in [-0.3, -0.25) is 0 Å². The Morgan fingerprint density at radius 3 is 2.15 bits per heavy atom. The van der Waals surface area contributed by atoms with E-state index in [2.05, 4.69) is 50.6 Å². The maximum atomic E-state index is 11.0. The van der Waals surface area contributed by atoms with Gasteiger partial charge in [-0.1, -0.05) is 46.8 Å². The monoisotopic (exact) mass is 279 g/mol. The van der Waals surface area contributed by atoms with E-state index < -0.39 is 0 Å². The summed E-state index contributed by atoms with van der Waals surface area (Å²) in [5, 5.41) is 8.52. The van der Waals surface area contributed by atoms with Crippen LogP contribution in [0, 0.1) is 0 Å². The first kappa shape index (κ1) is 18.4. The third-order valence-corrected chi connectivity index (χ3v) is 2.49. The third kappa shape index (κ3) is 9.39. The number of amides is 2. The smallest absolute Gasteiger partial charge is 0.318 e. The van der Waals surface area contributed by atoms with Gasteiger partial charge in [-0.25, -0.2) is 4.79 Å². The van der Waals surface area contributed by atoms with E-state index in [-0.39, 0.29) is 6.03 Å². The largest absolute Gasteiger partial charge is 0.341 e. The van der Waals surface area contributed by atoms with Crippen molar-refractivity contribution in [2.24, 2.45) is 0 Å². The number of hydrogen-bond donors (Lipinski definition) is 3. The number of anilines is 1. The summed E-state index contributed by atoms with van der Waals surface area (Å²) in [5.41, 5.74) is 2.05. The fourth-order valence-corrected chi connectivity index (χ4v) is 1.73. The predicted molar refractivity (Wildman–Crippen MR) is 87.3 cm³/mol. The van der Waals surface area contributed by atoms with Gasteiger partial charge >= 0.3 is 6.03 Å². The quantitative estimate of drug-likeness (QED) is 0.791. The average Bonchev–Trinajstić information content (AvgIpc) is 2.38. The second-order valence-electron chi connectivity index (χ2n) is 5.23. The van der Waals surface area contributed by atoms with Gasteiger partial charge in [0.05, 0.1) is 0 Å². The van der Waals surface area contributed by atoms with E-state index in [0.717, 1.165) is 12.1 Å². The van der Waals surface area contributed by atoms with Crippen LogP contribution in [-0.2, 0) is 6.42 Å². The molecule has 1 aromatic rings. The average molecular weight is 279 g/mol. The second kappa shape index (κ2) is 10.3. The van der Waals surface area contributed by atoms with E-state index in [1.165, 1.54) is 5.56 Å². The molecule has 0 aromatic heterocycles. The Kier molecular flexibility index (Phi) is 9.47. The molecule has 0 radical (unpaired) electrons. The summed E-state index contributed by atoms with van der Waals surface area (Å²) in [6.07, 6.45) is 0.975. The molecule has 0 aliphatic carbocycles. The number of urea groups is 1. The molecule has 3 N–H and O–H groups in total. The number of hydrogen-bond acceptors (Lipinski definition) is 2. The molecule has 2 amide bonds. The van der Waals surface area contributed by atoms with Gasteiger partial charge < -0.3 is 16.0 Å². The summed E-state index contributed by atoms with van der Waals surface area (Å²) >= 11 is 0. The number of nitrogens with one attached hydrogen (secondary N) is 3. The van der Waals surface area contributed by atoms with Crippen molar-refractivity contribution in [1.82, 2.24) is 10.6 Å². The molecule has 0 saturated heterocycles. The Labute approximate surface area is 123 Å². The normalized spacial score (nSPS) is 10.0. The van der Waals surface area contributed by atoms with E-state index in [0.29, 0.717) is 12.1 Å². The first-order valence-electron chi connectivity index (χ1n) is 7.22. The van der Waals surface area contributed by atoms with Crippen molar-refractivity contribution in [2.75, 3.05) is 12.4 Å². The Morgan fingerprint density at radius 1 is 1.15 bits per heavy atom. The van der Waals surface area contributed by atoms with Gasteiger partial charge in [0, 0.05) is 24.8 Å². The molecule has 4 nitrogen and oxygen atoms in total. The fourth-order valence-electron chi connectivity index (χ4n) is 1.73. The lowest BCUT2D eigenvalue weighted by Crippen LogP contribution is -2.29. The number of aryl methyl sites for hydroxylation is 1. The Morgan fingerprint density at radius 2 is 1.75 bits per heavy atom. The standard InChI is InChI=1S/C10H14N2O.C6H15N/c1-3-8-5-4-6-9(7-8)12-10(13)11-2;1-5(2)7-6(3)4/h4-7H,3H2,1-2H3,(H2,11,12,13);5-7H,1-4H3. The SMILES string of the molecule is CC(C)NC(C)C.CCc1cccc(NC(=O)NC)c1. The van der Waals surface area contributed by atoms with Crippen LogP contribution in [0.5, 0.6) is 0 Å². The van der Waals surface area contributed by atoms with Gasteiger partial charge in [0.1, 0.15) is 0 Å². The summed E-state index contributed by atoms with van der Waals surface area (Å²) in [7, 11) is 1.60. The van der Waals surface area contributed by atoms with Crippen LogP contribution in [0.2, 0.25) is 0 Å². The highest BCUT2D eigenvalue weighted by atomic mass is 16.2. The van der Waals surface area contributed by atoms with E-state index in [4.69, 9.17) is 0 Å². The van der Waals surface area contributed by atoms with Crippen LogP contribution < -0.4 is 16.0 Å². The molecule has 0 saturated carbocycles. The minimum absolute atomic E-state index is 0.187. The fraction of sp³-hybridized carbons (Fsp3) is 0.562. The highest BCUT2D eigenvalue weighted by Gasteiger charge is 1.98. The van der Waals surface area contributed by atoms with E-state index >= 15 is 0 Å². The van der Waals surface area contributed by atoms with Crippen molar-refractivity contribution in [3.63, 3.8) is 0 Å². The first-order chi connectivity index (χ1) is 9.38. The zero-order chi connectivity index (χ0) is 15.5. The van der Waals surface area contributed by atoms with Crippen molar-refractivity contribution < 1.29 is 4.79 Å². The third-order valence-electron chi connectivity index (χ3n) is 2.49. The maximum absolute atomic E-state index is 11.0. The summed E-state index contributed by atoms with van der Waals surface area (Å²) in [6, 6.07) is 8.87. The van der Waals surface area contributed by atoms with E-state index in [1.807, 2.05) is 24.3 Å². The predicted octanol–water partition coefficient (Wildman–Crippen LogP) is 3.39. The molecule has 0 atom stereocenters. The van der Waals surface area contributed by atoms with Crippen LogP contribution in [0.4, 0.5) is 10.5 Å². The van der Waals surface area contributed by atoms with Crippen LogP contribution in [0.25, 0.3) is 0 Å². The maximum Gasteiger partial charge on any atom is 0.318 e. The lowest BCUT2D eigenvalue weighted by Gasteiger charge is -2.10. The Hall–Kier alpha value is -1.55. The molecular formula is C16H29N3O. The highest BCUT2D eigenvalue weighted by molar-refractivity contribution is 5.89. The Bertz CT molecular complexity index is 383. The van der Waals surface area contributed by atoms with Crippen LogP contribution in [0.3, 0.4) is 0 Å². The minimum Gasteiger partial charge on any atom is -0.341 e. The van der Waals surface area contributed by atoms with E-state index in [1.54, 1.807) is 7.05 Å². The topological polar surface area (TPSA) is 53.2 Å². The van der Waals surface area contributed by atoms with Gasteiger partial charge in [0.2, 0.25) is 0 Å². The lowest BCUT2D eigenvalue weighted by atomic mass is 10.1. The highest BCUT2D eigenvalue weighted by Crippen LogP contribution is 2.10. The van der Waals surface area contributed by atoms with Crippen LogP contribution in [-0.4, -0.2) is 25.2 Å². The molecule has 1 rings (SSSR count). The van der Waals surface area contributed by atoms with Gasteiger partial charge in [-0.15, -0.1) is 0 Å². The second-order valence-corrected chi connectivity index (χ2v) is 5.23. The molecule has 0 fully saturated rings. The molecule has 0 unspecified atom stereocenters. The molecule has 20 heavy (non-hydrogen) atoms. The van der Waals surface area contributed by atoms with Crippen molar-refractivity contribution in [3.05, 3.63) is 29.8 Å². The van der Waals surface area contributed by atoms with Gasteiger partial charge in [0.25, 0.3) is 0 Å². The van der Waals surface area contributed by atoms with Gasteiger partial charge in [-0.05, 0) is 24.1 Å². The summed E-state index contributed by atoms with van der Waals surface area (Å²) in [4.78, 5) is 11.0. The zero-order valence-electron chi connectivity index (χ0n) is 13.6. The number of rotatable bonds is 4. The molecule has 114 valence electrons. The lowest BCUT2D eigenvalue weighted by molar-refractivity contribution is 0.254. The first-order valence-corrected chi connectivity index (χ1v) is 7.22.